The van der Waals surface area contributed by atoms with Crippen LogP contribution in [-0.4, -0.2) is 33.5 Å². The van der Waals surface area contributed by atoms with Crippen LogP contribution in [0.5, 0.6) is 0 Å². The fraction of sp³-hybridized carbons (Fsp3) is 0.364. The van der Waals surface area contributed by atoms with Crippen LogP contribution in [0.2, 0.25) is 0 Å². The van der Waals surface area contributed by atoms with Gasteiger partial charge in [0.25, 0.3) is 5.91 Å². The number of carbonyl (C=O) groups is 2. The molecule has 1 N–H and O–H groups in total. The maximum absolute atomic E-state index is 13.2. The number of carbonyl (C=O) groups excluding carboxylic acids is 1. The molecule has 4 heteroatoms. The number of hydrogen-bond donors (Lipinski definition) is 1. The number of aryl methyl sites for hydroxylation is 1. The van der Waals surface area contributed by atoms with Crippen molar-refractivity contribution in [3.63, 3.8) is 0 Å². The Bertz CT molecular complexity index is 843. The summed E-state index contributed by atoms with van der Waals surface area (Å²) in [6.07, 6.45) is 3.30. The third-order valence-electron chi connectivity index (χ3n) is 5.81. The predicted molar refractivity (Wildman–Crippen MR) is 99.2 cm³/mol. The Hall–Kier alpha value is -2.62. The van der Waals surface area contributed by atoms with Crippen molar-refractivity contribution in [3.8, 4) is 0 Å². The largest absolute Gasteiger partial charge is 0.481 e. The molecule has 1 aliphatic heterocycles. The quantitative estimate of drug-likeness (QED) is 0.892. The summed E-state index contributed by atoms with van der Waals surface area (Å²) in [7, 11) is 0. The summed E-state index contributed by atoms with van der Waals surface area (Å²) < 4.78 is 0. The molecule has 134 valence electrons. The van der Waals surface area contributed by atoms with Gasteiger partial charge in [-0.25, -0.2) is 0 Å². The average molecular weight is 349 g/mol. The van der Waals surface area contributed by atoms with E-state index in [-0.39, 0.29) is 11.9 Å². The highest BCUT2D eigenvalue weighted by Gasteiger charge is 2.55. The molecule has 2 unspecified atom stereocenters. The normalized spacial score (nSPS) is 25.0. The number of carboxylic acid groups (broad SMARTS) is 1. The zero-order chi connectivity index (χ0) is 18.3. The Labute approximate surface area is 153 Å². The van der Waals surface area contributed by atoms with Gasteiger partial charge in [-0.15, -0.1) is 0 Å². The van der Waals surface area contributed by atoms with Crippen LogP contribution in [0.3, 0.4) is 0 Å². The topological polar surface area (TPSA) is 57.6 Å². The van der Waals surface area contributed by atoms with Crippen LogP contribution in [0.4, 0.5) is 0 Å². The molecule has 1 saturated carbocycles. The van der Waals surface area contributed by atoms with Crippen LogP contribution in [0.15, 0.2) is 54.6 Å². The molecule has 1 amide bonds. The van der Waals surface area contributed by atoms with Crippen molar-refractivity contribution in [2.24, 2.45) is 0 Å². The molecule has 4 nitrogen and oxygen atoms in total. The first-order valence-electron chi connectivity index (χ1n) is 9.21. The molecule has 1 heterocycles. The minimum atomic E-state index is -0.855. The lowest BCUT2D eigenvalue weighted by Gasteiger charge is -2.49. The summed E-state index contributed by atoms with van der Waals surface area (Å²) in [4.78, 5) is 27.4. The standard InChI is InChI=1S/C22H23NO3/c1-22(14-13-15-7-3-2-4-8-15)19(21(25)26)17-9-5-6-10-18(17)20(24)23(22)16-11-12-16/h2-10,16,19H,11-14H2,1H3,(H,25,26). The number of fused-ring (bicyclic) bond motifs is 1. The van der Waals surface area contributed by atoms with E-state index in [2.05, 4.69) is 12.1 Å². The Morgan fingerprint density at radius 2 is 1.77 bits per heavy atom. The van der Waals surface area contributed by atoms with Gasteiger partial charge in [0.05, 0.1) is 5.54 Å². The second-order valence-electron chi connectivity index (χ2n) is 7.61. The highest BCUT2D eigenvalue weighted by molar-refractivity contribution is 6.01. The van der Waals surface area contributed by atoms with Gasteiger partial charge in [-0.1, -0.05) is 48.5 Å². The molecule has 0 saturated heterocycles. The van der Waals surface area contributed by atoms with Crippen LogP contribution in [-0.2, 0) is 11.2 Å². The van der Waals surface area contributed by atoms with E-state index in [1.54, 1.807) is 12.1 Å². The average Bonchev–Trinajstić information content (AvgIpc) is 3.46. The van der Waals surface area contributed by atoms with E-state index >= 15 is 0 Å². The van der Waals surface area contributed by atoms with Gasteiger partial charge in [0, 0.05) is 11.6 Å². The maximum atomic E-state index is 13.2. The SMILES string of the molecule is CC1(CCc2ccccc2)C(C(=O)O)c2ccccc2C(=O)N1C1CC1. The van der Waals surface area contributed by atoms with Crippen LogP contribution in [0.1, 0.15) is 53.6 Å². The molecule has 2 aromatic carbocycles. The summed E-state index contributed by atoms with van der Waals surface area (Å²) in [5, 5.41) is 10.1. The van der Waals surface area contributed by atoms with E-state index in [4.69, 9.17) is 0 Å². The fourth-order valence-corrected chi connectivity index (χ4v) is 4.40. The molecular weight excluding hydrogens is 326 g/mol. The molecule has 2 aromatic rings. The summed E-state index contributed by atoms with van der Waals surface area (Å²) >= 11 is 0. The van der Waals surface area contributed by atoms with Gasteiger partial charge in [0.2, 0.25) is 0 Å². The molecule has 2 aliphatic rings. The minimum absolute atomic E-state index is 0.0174. The zero-order valence-electron chi connectivity index (χ0n) is 14.9. The molecule has 0 spiro atoms. The van der Waals surface area contributed by atoms with E-state index in [0.717, 1.165) is 19.3 Å². The zero-order valence-corrected chi connectivity index (χ0v) is 14.9. The molecule has 4 rings (SSSR count). The fourth-order valence-electron chi connectivity index (χ4n) is 4.40. The number of amides is 1. The van der Waals surface area contributed by atoms with Gasteiger partial charge in [-0.3, -0.25) is 9.59 Å². The number of rotatable bonds is 5. The Morgan fingerprint density at radius 3 is 2.42 bits per heavy atom. The van der Waals surface area contributed by atoms with Crippen molar-refractivity contribution in [2.75, 3.05) is 0 Å². The molecule has 0 aromatic heterocycles. The lowest BCUT2D eigenvalue weighted by atomic mass is 9.71. The predicted octanol–water partition coefficient (Wildman–Crippen LogP) is 3.86. The highest BCUT2D eigenvalue weighted by atomic mass is 16.4. The van der Waals surface area contributed by atoms with Crippen molar-refractivity contribution in [1.29, 1.82) is 0 Å². The Balaban J connectivity index is 1.78. The van der Waals surface area contributed by atoms with Gasteiger partial charge < -0.3 is 10.0 Å². The van der Waals surface area contributed by atoms with E-state index in [1.165, 1.54) is 5.56 Å². The van der Waals surface area contributed by atoms with Gasteiger partial charge in [-0.05, 0) is 49.8 Å². The number of benzene rings is 2. The lowest BCUT2D eigenvalue weighted by Crippen LogP contribution is -2.60. The number of aliphatic carboxylic acids is 1. The molecule has 26 heavy (non-hydrogen) atoms. The molecule has 1 fully saturated rings. The van der Waals surface area contributed by atoms with E-state index in [9.17, 15) is 14.7 Å². The third-order valence-corrected chi connectivity index (χ3v) is 5.81. The monoisotopic (exact) mass is 349 g/mol. The van der Waals surface area contributed by atoms with Gasteiger partial charge in [-0.2, -0.15) is 0 Å². The number of hydrogen-bond acceptors (Lipinski definition) is 2. The molecule has 0 bridgehead atoms. The van der Waals surface area contributed by atoms with E-state index in [1.807, 2.05) is 42.2 Å². The second-order valence-corrected chi connectivity index (χ2v) is 7.61. The maximum Gasteiger partial charge on any atom is 0.313 e. The van der Waals surface area contributed by atoms with Crippen LogP contribution >= 0.6 is 0 Å². The smallest absolute Gasteiger partial charge is 0.313 e. The van der Waals surface area contributed by atoms with Crippen LogP contribution in [0.25, 0.3) is 0 Å². The van der Waals surface area contributed by atoms with Crippen molar-refractivity contribution in [2.45, 2.75) is 50.1 Å². The third kappa shape index (κ3) is 2.70. The summed E-state index contributed by atoms with van der Waals surface area (Å²) in [6, 6.07) is 17.4. The van der Waals surface area contributed by atoms with Crippen LogP contribution < -0.4 is 0 Å². The summed E-state index contributed by atoms with van der Waals surface area (Å²) in [5.74, 6) is -1.58. The Kier molecular flexibility index (Phi) is 4.06. The van der Waals surface area contributed by atoms with Crippen LogP contribution in [0, 0.1) is 0 Å². The number of nitrogens with zero attached hydrogens (tertiary/aromatic N) is 1. The van der Waals surface area contributed by atoms with E-state index in [0.29, 0.717) is 17.5 Å². The van der Waals surface area contributed by atoms with Crippen molar-refractivity contribution >= 4 is 11.9 Å². The first-order chi connectivity index (χ1) is 12.5. The summed E-state index contributed by atoms with van der Waals surface area (Å²) in [6.45, 7) is 1.96. The second kappa shape index (κ2) is 6.27. The van der Waals surface area contributed by atoms with E-state index < -0.39 is 17.4 Å². The van der Waals surface area contributed by atoms with Gasteiger partial charge >= 0.3 is 5.97 Å². The summed E-state index contributed by atoms with van der Waals surface area (Å²) in [5.41, 5.74) is 1.63. The lowest BCUT2D eigenvalue weighted by molar-refractivity contribution is -0.143. The van der Waals surface area contributed by atoms with Crippen molar-refractivity contribution < 1.29 is 14.7 Å². The highest BCUT2D eigenvalue weighted by Crippen LogP contribution is 2.48. The Morgan fingerprint density at radius 1 is 1.12 bits per heavy atom. The van der Waals surface area contributed by atoms with Gasteiger partial charge in [0.15, 0.2) is 0 Å². The first-order valence-corrected chi connectivity index (χ1v) is 9.21. The first kappa shape index (κ1) is 16.8. The minimum Gasteiger partial charge on any atom is -0.481 e. The van der Waals surface area contributed by atoms with Gasteiger partial charge in [0.1, 0.15) is 5.92 Å². The molecule has 1 aliphatic carbocycles. The molecule has 2 atom stereocenters. The molecular formula is C22H23NO3. The van der Waals surface area contributed by atoms with Crippen molar-refractivity contribution in [1.82, 2.24) is 4.90 Å². The molecule has 0 radical (unpaired) electrons. The number of carboxylic acids is 1. The van der Waals surface area contributed by atoms with Crippen molar-refractivity contribution in [3.05, 3.63) is 71.3 Å².